The monoisotopic (exact) mass is 828 g/mol. The largest absolute Gasteiger partial charge is 0.490 e. The molecule has 6 rings (SSSR count). The minimum absolute atomic E-state index is 0.0644. The number of fused-ring (bicyclic) bond motifs is 6. The number of carboxylic acid groups (broad SMARTS) is 2. The van der Waals surface area contributed by atoms with Crippen molar-refractivity contribution in [2.24, 2.45) is 5.92 Å². The number of likely N-dealkylation sites (tertiary alicyclic amines) is 1. The van der Waals surface area contributed by atoms with Gasteiger partial charge in [0.1, 0.15) is 10.8 Å². The number of anilines is 6. The minimum Gasteiger partial charge on any atom is -0.475 e. The van der Waals surface area contributed by atoms with Crippen molar-refractivity contribution in [1.82, 2.24) is 19.9 Å². The molecule has 1 fully saturated rings. The van der Waals surface area contributed by atoms with Gasteiger partial charge in [-0.15, -0.1) is 0 Å². The molecule has 0 atom stereocenters. The zero-order valence-corrected chi connectivity index (χ0v) is 30.0. The molecule has 1 saturated heterocycles. The minimum atomic E-state index is -5.08. The van der Waals surface area contributed by atoms with Crippen LogP contribution in [0.5, 0.6) is 0 Å². The Morgan fingerprint density at radius 1 is 0.825 bits per heavy atom. The number of aryl methyl sites for hydroxylation is 2. The summed E-state index contributed by atoms with van der Waals surface area (Å²) < 4.78 is 76.6. The maximum Gasteiger partial charge on any atom is 0.490 e. The third-order valence-corrected chi connectivity index (χ3v) is 8.35. The summed E-state index contributed by atoms with van der Waals surface area (Å²) in [5.74, 6) is -4.91. The summed E-state index contributed by atoms with van der Waals surface area (Å²) >= 11 is 6.37. The molecule has 4 heterocycles. The van der Waals surface area contributed by atoms with E-state index in [-0.39, 0.29) is 23.7 Å². The lowest BCUT2D eigenvalue weighted by Gasteiger charge is -2.31. The second kappa shape index (κ2) is 19.1. The number of halogens is 8. The van der Waals surface area contributed by atoms with Crippen LogP contribution in [-0.2, 0) is 27.2 Å². The third kappa shape index (κ3) is 13.8. The van der Waals surface area contributed by atoms with E-state index < -0.39 is 24.3 Å². The fraction of sp³-hybridized carbons (Fsp3) is 0.286. The van der Waals surface area contributed by atoms with Gasteiger partial charge in [0.15, 0.2) is 5.82 Å². The second-order valence-corrected chi connectivity index (χ2v) is 12.7. The molecule has 4 aromatic rings. The van der Waals surface area contributed by atoms with Gasteiger partial charge in [0, 0.05) is 42.8 Å². The van der Waals surface area contributed by atoms with Crippen LogP contribution in [0.4, 0.5) is 70.0 Å². The van der Waals surface area contributed by atoms with E-state index in [1.807, 2.05) is 30.5 Å². The number of rotatable bonds is 4. The van der Waals surface area contributed by atoms with Crippen molar-refractivity contribution >= 4 is 70.0 Å². The van der Waals surface area contributed by atoms with E-state index in [9.17, 15) is 40.3 Å². The maximum absolute atomic E-state index is 13.2. The van der Waals surface area contributed by atoms with Gasteiger partial charge in [0.05, 0.1) is 18.1 Å². The molecule has 2 aliphatic heterocycles. The molecule has 2 aliphatic rings. The van der Waals surface area contributed by atoms with Crippen molar-refractivity contribution in [3.8, 4) is 0 Å². The normalized spacial score (nSPS) is 13.9. The van der Waals surface area contributed by atoms with Crippen molar-refractivity contribution in [2.45, 2.75) is 44.5 Å². The molecule has 2 aromatic carbocycles. The van der Waals surface area contributed by atoms with Crippen LogP contribution in [0.15, 0.2) is 67.1 Å². The van der Waals surface area contributed by atoms with Crippen LogP contribution < -0.4 is 21.3 Å². The van der Waals surface area contributed by atoms with Crippen LogP contribution in [0.25, 0.3) is 0 Å². The number of urea groups is 1. The van der Waals surface area contributed by atoms with Gasteiger partial charge in [0.2, 0.25) is 11.9 Å². The van der Waals surface area contributed by atoms with E-state index in [1.54, 1.807) is 11.1 Å². The van der Waals surface area contributed by atoms with E-state index >= 15 is 0 Å². The van der Waals surface area contributed by atoms with Crippen LogP contribution in [0.3, 0.4) is 0 Å². The molecular weight excluding hydrogens is 797 g/mol. The topological polar surface area (TPSA) is 199 Å². The molecule has 14 nitrogen and oxygen atoms in total. The lowest BCUT2D eigenvalue weighted by Crippen LogP contribution is -2.41. The number of alkyl halides is 6. The zero-order valence-electron chi connectivity index (χ0n) is 29.2. The second-order valence-electron chi connectivity index (χ2n) is 12.3. The van der Waals surface area contributed by atoms with Crippen molar-refractivity contribution in [3.05, 3.63) is 89.1 Å². The van der Waals surface area contributed by atoms with Gasteiger partial charge in [0.25, 0.3) is 0 Å². The number of amides is 3. The molecule has 2 aromatic heterocycles. The highest BCUT2D eigenvalue weighted by molar-refractivity contribution is 6.32. The molecule has 3 amide bonds. The average molecular weight is 829 g/mol. The molecular formula is C35H32ClF7N8O6. The van der Waals surface area contributed by atoms with Crippen LogP contribution >= 0.6 is 11.6 Å². The van der Waals surface area contributed by atoms with E-state index in [1.165, 1.54) is 30.5 Å². The number of nitrogens with zero attached hydrogens (tertiary/aromatic N) is 4. The number of pyridine rings is 1. The lowest BCUT2D eigenvalue weighted by atomic mass is 9.93. The van der Waals surface area contributed by atoms with Crippen LogP contribution in [0.2, 0.25) is 5.02 Å². The van der Waals surface area contributed by atoms with Crippen molar-refractivity contribution in [3.63, 3.8) is 0 Å². The number of nitrogens with one attached hydrogen (secondary N) is 4. The number of piperidine rings is 1. The molecule has 0 saturated carbocycles. The number of carbonyl (C=O) groups is 4. The number of hydrogen-bond donors (Lipinski definition) is 6. The van der Waals surface area contributed by atoms with E-state index in [4.69, 9.17) is 31.4 Å². The SMILES string of the molecule is O=C(CC1CCN(C(=O)Nc2ccc(F)cc2)CC1)Nc1ccc2cc1CCc1cncc(c1)Nc1ncc(Cl)c(n1)N2.O=C(O)C(F)(F)F.O=C(O)C(F)(F)F. The Bertz CT molecular complexity index is 2040. The number of carbonyl (C=O) groups excluding carboxylic acids is 2. The van der Waals surface area contributed by atoms with Crippen LogP contribution in [0, 0.1) is 11.7 Å². The molecule has 0 unspecified atom stereocenters. The molecule has 57 heavy (non-hydrogen) atoms. The highest BCUT2D eigenvalue weighted by Gasteiger charge is 2.39. The van der Waals surface area contributed by atoms with Gasteiger partial charge in [-0.2, -0.15) is 31.3 Å². The number of aromatic nitrogens is 3. The standard InChI is InChI=1S/C31H30ClFN8O2.2C2HF3O2/c32-26-18-35-30-37-25-13-20(16-34-17-25)1-2-21-15-24(36-29(26)40-30)7-8-27(21)39-28(42)14-19-9-11-41(12-10-19)31(43)38-23-5-3-22(33)4-6-23;2*3-2(4,5)1(6)7/h3-8,13,15-19H,1-2,9-12,14H2,(H,38,43)(H,39,42)(H2,35,36,37,40);2*(H,6,7). The molecule has 304 valence electrons. The fourth-order valence-corrected chi connectivity index (χ4v) is 5.43. The smallest absolute Gasteiger partial charge is 0.475 e. The highest BCUT2D eigenvalue weighted by atomic mass is 35.5. The van der Waals surface area contributed by atoms with Gasteiger partial charge in [-0.3, -0.25) is 9.78 Å². The Morgan fingerprint density at radius 3 is 2.07 bits per heavy atom. The van der Waals surface area contributed by atoms with Crippen molar-refractivity contribution < 1.29 is 60.1 Å². The maximum atomic E-state index is 13.2. The predicted molar refractivity (Wildman–Crippen MR) is 192 cm³/mol. The number of carboxylic acids is 2. The van der Waals surface area contributed by atoms with Crippen LogP contribution in [-0.4, -0.2) is 79.4 Å². The molecule has 6 bridgehead atoms. The Balaban J connectivity index is 0.000000440. The predicted octanol–water partition coefficient (Wildman–Crippen LogP) is 7.79. The fourth-order valence-electron chi connectivity index (χ4n) is 5.29. The summed E-state index contributed by atoms with van der Waals surface area (Å²) in [5, 5.41) is 27.0. The lowest BCUT2D eigenvalue weighted by molar-refractivity contribution is -0.193. The zero-order chi connectivity index (χ0) is 41.9. The highest BCUT2D eigenvalue weighted by Crippen LogP contribution is 2.30. The van der Waals surface area contributed by atoms with Crippen molar-refractivity contribution in [2.75, 3.05) is 34.4 Å². The van der Waals surface area contributed by atoms with E-state index in [2.05, 4.69) is 36.2 Å². The first-order chi connectivity index (χ1) is 26.8. The molecule has 0 radical (unpaired) electrons. The summed E-state index contributed by atoms with van der Waals surface area (Å²) in [6.45, 7) is 1.09. The Hall–Kier alpha value is -6.25. The summed E-state index contributed by atoms with van der Waals surface area (Å²) in [6.07, 6.45) is -1.90. The van der Waals surface area contributed by atoms with Gasteiger partial charge in [-0.25, -0.2) is 23.8 Å². The molecule has 0 spiro atoms. The first-order valence-electron chi connectivity index (χ1n) is 16.6. The van der Waals surface area contributed by atoms with Crippen LogP contribution in [0.1, 0.15) is 30.4 Å². The first-order valence-corrected chi connectivity index (χ1v) is 17.0. The quantitative estimate of drug-likeness (QED) is 0.110. The Morgan fingerprint density at radius 2 is 1.46 bits per heavy atom. The number of aliphatic carboxylic acids is 2. The summed E-state index contributed by atoms with van der Waals surface area (Å²) in [7, 11) is 0. The molecule has 22 heteroatoms. The number of hydrogen-bond acceptors (Lipinski definition) is 9. The number of benzene rings is 2. The van der Waals surface area contributed by atoms with Gasteiger partial charge < -0.3 is 36.4 Å². The van der Waals surface area contributed by atoms with E-state index in [0.717, 1.165) is 41.0 Å². The summed E-state index contributed by atoms with van der Waals surface area (Å²) in [5.41, 5.74) is 4.85. The summed E-state index contributed by atoms with van der Waals surface area (Å²) in [4.78, 5) is 58.4. The first kappa shape index (κ1) is 43.5. The summed E-state index contributed by atoms with van der Waals surface area (Å²) in [6, 6.07) is 13.2. The molecule has 6 N–H and O–H groups in total. The van der Waals surface area contributed by atoms with Gasteiger partial charge in [-0.1, -0.05) is 11.6 Å². The van der Waals surface area contributed by atoms with Gasteiger partial charge in [-0.05, 0) is 91.3 Å². The molecule has 0 aliphatic carbocycles. The third-order valence-electron chi connectivity index (χ3n) is 8.08. The Kier molecular flexibility index (Phi) is 14.5. The van der Waals surface area contributed by atoms with E-state index in [0.29, 0.717) is 54.8 Å². The average Bonchev–Trinajstić information content (AvgIpc) is 3.14. The Labute approximate surface area is 323 Å². The van der Waals surface area contributed by atoms with Gasteiger partial charge >= 0.3 is 30.3 Å². The van der Waals surface area contributed by atoms with Crippen molar-refractivity contribution in [1.29, 1.82) is 0 Å².